The van der Waals surface area contributed by atoms with E-state index in [4.69, 9.17) is 21.1 Å². The molecule has 2 aromatic rings. The molecule has 0 heterocycles. The molecule has 1 saturated carbocycles. The fourth-order valence-electron chi connectivity index (χ4n) is 3.32. The van der Waals surface area contributed by atoms with Crippen LogP contribution in [0.4, 0.5) is 0 Å². The number of carbonyl (C=O) groups excluding carboxylic acids is 1. The van der Waals surface area contributed by atoms with Crippen LogP contribution >= 0.6 is 11.6 Å². The number of rotatable bonds is 9. The Morgan fingerprint density at radius 3 is 2.50 bits per heavy atom. The van der Waals surface area contributed by atoms with E-state index in [2.05, 4.69) is 10.0 Å². The van der Waals surface area contributed by atoms with Gasteiger partial charge in [0.2, 0.25) is 10.0 Å². The highest BCUT2D eigenvalue weighted by Gasteiger charge is 2.26. The predicted octanol–water partition coefficient (Wildman–Crippen LogP) is 3.38. The Balaban J connectivity index is 1.62. The van der Waals surface area contributed by atoms with Crippen molar-refractivity contribution in [2.24, 2.45) is 0 Å². The smallest absolute Gasteiger partial charge is 0.251 e. The van der Waals surface area contributed by atoms with Crippen LogP contribution in [0.1, 0.15) is 36.0 Å². The second-order valence-electron chi connectivity index (χ2n) is 7.03. The molecule has 0 bridgehead atoms. The molecule has 2 aromatic carbocycles. The van der Waals surface area contributed by atoms with Gasteiger partial charge in [-0.2, -0.15) is 0 Å². The third-order valence-corrected chi connectivity index (χ3v) is 6.66. The van der Waals surface area contributed by atoms with Crippen LogP contribution in [0, 0.1) is 0 Å². The van der Waals surface area contributed by atoms with E-state index in [0.717, 1.165) is 25.7 Å². The first kappa shape index (κ1) is 22.4. The fourth-order valence-corrected chi connectivity index (χ4v) is 4.95. The molecule has 9 heteroatoms. The van der Waals surface area contributed by atoms with Crippen molar-refractivity contribution in [1.82, 2.24) is 10.0 Å². The SMILES string of the molecule is COc1ccc(C(=O)NCCOc2ccc(Cl)cc2)cc1S(=O)(=O)NC1CCCC1. The van der Waals surface area contributed by atoms with E-state index in [-0.39, 0.29) is 35.4 Å². The first-order valence-corrected chi connectivity index (χ1v) is 11.6. The Labute approximate surface area is 181 Å². The van der Waals surface area contributed by atoms with Crippen molar-refractivity contribution in [2.45, 2.75) is 36.6 Å². The number of benzene rings is 2. The Bertz CT molecular complexity index is 973. The minimum Gasteiger partial charge on any atom is -0.495 e. The van der Waals surface area contributed by atoms with Gasteiger partial charge in [0.05, 0.1) is 13.7 Å². The van der Waals surface area contributed by atoms with E-state index in [1.165, 1.54) is 25.3 Å². The van der Waals surface area contributed by atoms with Gasteiger partial charge < -0.3 is 14.8 Å². The van der Waals surface area contributed by atoms with Gasteiger partial charge in [-0.05, 0) is 55.3 Å². The maximum atomic E-state index is 12.8. The Hall–Kier alpha value is -2.29. The van der Waals surface area contributed by atoms with Crippen molar-refractivity contribution in [1.29, 1.82) is 0 Å². The summed E-state index contributed by atoms with van der Waals surface area (Å²) < 4.78 is 39.1. The molecular weight excluding hydrogens is 428 g/mol. The molecular formula is C21H25ClN2O5S. The maximum absolute atomic E-state index is 12.8. The summed E-state index contributed by atoms with van der Waals surface area (Å²) in [6, 6.07) is 11.2. The molecule has 162 valence electrons. The first-order valence-electron chi connectivity index (χ1n) is 9.76. The summed E-state index contributed by atoms with van der Waals surface area (Å²) in [6.07, 6.45) is 3.64. The van der Waals surface area contributed by atoms with Crippen LogP contribution in [-0.4, -0.2) is 40.6 Å². The van der Waals surface area contributed by atoms with Crippen molar-refractivity contribution in [2.75, 3.05) is 20.3 Å². The monoisotopic (exact) mass is 452 g/mol. The molecule has 0 unspecified atom stereocenters. The number of halogens is 1. The Morgan fingerprint density at radius 2 is 1.83 bits per heavy atom. The van der Waals surface area contributed by atoms with Gasteiger partial charge in [0.25, 0.3) is 5.91 Å². The van der Waals surface area contributed by atoms with Crippen LogP contribution in [-0.2, 0) is 10.0 Å². The first-order chi connectivity index (χ1) is 14.4. The summed E-state index contributed by atoms with van der Waals surface area (Å²) in [4.78, 5) is 12.4. The lowest BCUT2D eigenvalue weighted by Crippen LogP contribution is -2.33. The highest BCUT2D eigenvalue weighted by molar-refractivity contribution is 7.89. The summed E-state index contributed by atoms with van der Waals surface area (Å²) in [7, 11) is -2.40. The standard InChI is InChI=1S/C21H25ClN2O5S/c1-28-19-11-6-15(14-20(19)30(26,27)24-17-4-2-3-5-17)21(25)23-12-13-29-18-9-7-16(22)8-10-18/h6-11,14,17,24H,2-5,12-13H2,1H3,(H,23,25). The number of sulfonamides is 1. The minimum absolute atomic E-state index is 0.0398. The Kier molecular flexibility index (Phi) is 7.58. The van der Waals surface area contributed by atoms with E-state index in [1.807, 2.05) is 0 Å². The summed E-state index contributed by atoms with van der Waals surface area (Å²) in [6.45, 7) is 0.522. The zero-order valence-corrected chi connectivity index (χ0v) is 18.3. The van der Waals surface area contributed by atoms with Crippen LogP contribution in [0.5, 0.6) is 11.5 Å². The summed E-state index contributed by atoms with van der Waals surface area (Å²) in [5.41, 5.74) is 0.231. The van der Waals surface area contributed by atoms with Crippen LogP contribution in [0.15, 0.2) is 47.4 Å². The molecule has 0 spiro atoms. The van der Waals surface area contributed by atoms with E-state index in [9.17, 15) is 13.2 Å². The predicted molar refractivity (Wildman–Crippen MR) is 115 cm³/mol. The average Bonchev–Trinajstić information content (AvgIpc) is 3.24. The van der Waals surface area contributed by atoms with E-state index in [1.54, 1.807) is 24.3 Å². The Morgan fingerprint density at radius 1 is 1.13 bits per heavy atom. The number of ether oxygens (including phenoxy) is 2. The second-order valence-corrected chi connectivity index (χ2v) is 9.15. The minimum atomic E-state index is -3.80. The molecule has 0 atom stereocenters. The topological polar surface area (TPSA) is 93.7 Å². The molecule has 1 aliphatic rings. The number of nitrogens with one attached hydrogen (secondary N) is 2. The number of carbonyl (C=O) groups is 1. The second kappa shape index (κ2) is 10.1. The highest BCUT2D eigenvalue weighted by atomic mass is 35.5. The van der Waals surface area contributed by atoms with Gasteiger partial charge in [0.15, 0.2) is 0 Å². The molecule has 0 aromatic heterocycles. The van der Waals surface area contributed by atoms with Gasteiger partial charge in [0, 0.05) is 16.6 Å². The largest absolute Gasteiger partial charge is 0.495 e. The lowest BCUT2D eigenvalue weighted by molar-refractivity contribution is 0.0946. The third kappa shape index (κ3) is 5.87. The van der Waals surface area contributed by atoms with Crippen LogP contribution in [0.2, 0.25) is 5.02 Å². The van der Waals surface area contributed by atoms with Gasteiger partial charge in [-0.25, -0.2) is 13.1 Å². The molecule has 30 heavy (non-hydrogen) atoms. The van der Waals surface area contributed by atoms with Crippen LogP contribution in [0.25, 0.3) is 0 Å². The number of hydrogen-bond acceptors (Lipinski definition) is 5. The molecule has 0 radical (unpaired) electrons. The van der Waals surface area contributed by atoms with Crippen molar-refractivity contribution in [3.05, 3.63) is 53.1 Å². The summed E-state index contributed by atoms with van der Waals surface area (Å²) in [5, 5.41) is 3.34. The normalized spacial score (nSPS) is 14.5. The van der Waals surface area contributed by atoms with Crippen molar-refractivity contribution in [3.63, 3.8) is 0 Å². The molecule has 3 rings (SSSR count). The molecule has 1 amide bonds. The van der Waals surface area contributed by atoms with Crippen molar-refractivity contribution >= 4 is 27.5 Å². The van der Waals surface area contributed by atoms with Gasteiger partial charge in [-0.15, -0.1) is 0 Å². The fraction of sp³-hybridized carbons (Fsp3) is 0.381. The highest BCUT2D eigenvalue weighted by Crippen LogP contribution is 2.27. The quantitative estimate of drug-likeness (QED) is 0.569. The van der Waals surface area contributed by atoms with Gasteiger partial charge >= 0.3 is 0 Å². The van der Waals surface area contributed by atoms with Crippen LogP contribution in [0.3, 0.4) is 0 Å². The van der Waals surface area contributed by atoms with Crippen molar-refractivity contribution < 1.29 is 22.7 Å². The molecule has 2 N–H and O–H groups in total. The third-order valence-electron chi connectivity index (χ3n) is 4.86. The average molecular weight is 453 g/mol. The molecule has 0 saturated heterocycles. The molecule has 1 aliphatic carbocycles. The zero-order valence-electron chi connectivity index (χ0n) is 16.7. The van der Waals surface area contributed by atoms with Crippen molar-refractivity contribution in [3.8, 4) is 11.5 Å². The molecule has 0 aliphatic heterocycles. The molecule has 7 nitrogen and oxygen atoms in total. The zero-order chi connectivity index (χ0) is 21.6. The van der Waals surface area contributed by atoms with Gasteiger partial charge in [-0.1, -0.05) is 24.4 Å². The van der Waals surface area contributed by atoms with E-state index >= 15 is 0 Å². The van der Waals surface area contributed by atoms with E-state index in [0.29, 0.717) is 10.8 Å². The van der Waals surface area contributed by atoms with Gasteiger partial charge in [0.1, 0.15) is 23.0 Å². The lowest BCUT2D eigenvalue weighted by Gasteiger charge is -2.16. The number of methoxy groups -OCH3 is 1. The summed E-state index contributed by atoms with van der Waals surface area (Å²) >= 11 is 5.83. The molecule has 1 fully saturated rings. The number of hydrogen-bond donors (Lipinski definition) is 2. The number of amides is 1. The van der Waals surface area contributed by atoms with Gasteiger partial charge in [-0.3, -0.25) is 4.79 Å². The van der Waals surface area contributed by atoms with Crippen LogP contribution < -0.4 is 19.5 Å². The lowest BCUT2D eigenvalue weighted by atomic mass is 10.2. The maximum Gasteiger partial charge on any atom is 0.251 e. The summed E-state index contributed by atoms with van der Waals surface area (Å²) in [5.74, 6) is 0.447. The van der Waals surface area contributed by atoms with E-state index < -0.39 is 15.9 Å².